The normalized spacial score (nSPS) is 12.1. The zero-order chi connectivity index (χ0) is 10.4. The molecule has 0 aliphatic carbocycles. The molecule has 0 aliphatic rings. The zero-order valence-electron chi connectivity index (χ0n) is 7.88. The van der Waals surface area contributed by atoms with Gasteiger partial charge in [-0.05, 0) is 6.42 Å². The van der Waals surface area contributed by atoms with Gasteiger partial charge >= 0.3 is 0 Å². The Balaban J connectivity index is 4.33. The highest BCUT2D eigenvalue weighted by Gasteiger charge is 2.21. The lowest BCUT2D eigenvalue weighted by Crippen LogP contribution is -2.30. The van der Waals surface area contributed by atoms with Crippen LogP contribution in [-0.4, -0.2) is 11.8 Å². The minimum atomic E-state index is -0.653. The number of hydrogen-bond acceptors (Lipinski definition) is 2. The van der Waals surface area contributed by atoms with Gasteiger partial charge < -0.3 is 11.5 Å². The van der Waals surface area contributed by atoms with Crippen molar-refractivity contribution in [1.82, 2.24) is 0 Å². The molecule has 0 aromatic rings. The topological polar surface area (TPSA) is 86.2 Å². The first-order chi connectivity index (χ1) is 6.00. The molecule has 4 N–H and O–H groups in total. The fourth-order valence-corrected chi connectivity index (χ4v) is 1.07. The summed E-state index contributed by atoms with van der Waals surface area (Å²) in [4.78, 5) is 21.6. The van der Waals surface area contributed by atoms with Crippen molar-refractivity contribution in [2.24, 2.45) is 17.4 Å². The van der Waals surface area contributed by atoms with Gasteiger partial charge in [-0.1, -0.05) is 26.3 Å². The first-order valence-corrected chi connectivity index (χ1v) is 4.28. The predicted molar refractivity (Wildman–Crippen MR) is 50.5 cm³/mol. The minimum absolute atomic E-state index is 0.112. The van der Waals surface area contributed by atoms with E-state index in [9.17, 15) is 9.59 Å². The smallest absolute Gasteiger partial charge is 0.244 e. The van der Waals surface area contributed by atoms with E-state index in [2.05, 4.69) is 6.58 Å². The van der Waals surface area contributed by atoms with E-state index in [-0.39, 0.29) is 5.57 Å². The summed E-state index contributed by atoms with van der Waals surface area (Å²) in [7, 11) is 0. The number of nitrogens with two attached hydrogens (primary N) is 2. The molecule has 74 valence electrons. The Labute approximate surface area is 78.0 Å². The Morgan fingerprint density at radius 3 is 2.23 bits per heavy atom. The molecule has 0 rings (SSSR count). The fourth-order valence-electron chi connectivity index (χ4n) is 1.07. The molecule has 4 heteroatoms. The lowest BCUT2D eigenvalue weighted by molar-refractivity contribution is -0.123. The van der Waals surface area contributed by atoms with Gasteiger partial charge in [-0.2, -0.15) is 0 Å². The summed E-state index contributed by atoms with van der Waals surface area (Å²) < 4.78 is 0. The first kappa shape index (κ1) is 11.7. The highest BCUT2D eigenvalue weighted by molar-refractivity contribution is 5.98. The Morgan fingerprint density at radius 2 is 1.92 bits per heavy atom. The van der Waals surface area contributed by atoms with E-state index in [4.69, 9.17) is 11.5 Å². The molecule has 1 atom stereocenters. The van der Waals surface area contributed by atoms with Crippen molar-refractivity contribution in [2.45, 2.75) is 26.2 Å². The standard InChI is InChI=1S/C9H16N2O2/c1-3-4-5-7(9(11)13)6(2)8(10)12/h7H,2-5H2,1H3,(H2,10,12)(H2,11,13). The molecule has 0 radical (unpaired) electrons. The highest BCUT2D eigenvalue weighted by atomic mass is 16.2. The summed E-state index contributed by atoms with van der Waals surface area (Å²) in [5.74, 6) is -1.78. The van der Waals surface area contributed by atoms with E-state index in [0.29, 0.717) is 6.42 Å². The summed E-state index contributed by atoms with van der Waals surface area (Å²) in [6, 6.07) is 0. The quantitative estimate of drug-likeness (QED) is 0.582. The maximum Gasteiger partial charge on any atom is 0.244 e. The summed E-state index contributed by atoms with van der Waals surface area (Å²) in [5.41, 5.74) is 10.2. The maximum atomic E-state index is 10.9. The molecule has 0 aliphatic heterocycles. The number of amides is 2. The number of unbranched alkanes of at least 4 members (excludes halogenated alkanes) is 1. The third-order valence-electron chi connectivity index (χ3n) is 1.93. The third-order valence-corrected chi connectivity index (χ3v) is 1.93. The second-order valence-corrected chi connectivity index (χ2v) is 2.99. The number of rotatable bonds is 6. The van der Waals surface area contributed by atoms with Crippen LogP contribution in [0.5, 0.6) is 0 Å². The van der Waals surface area contributed by atoms with Crippen LogP contribution in [-0.2, 0) is 9.59 Å². The Morgan fingerprint density at radius 1 is 1.38 bits per heavy atom. The molecule has 0 fully saturated rings. The second kappa shape index (κ2) is 5.35. The van der Waals surface area contributed by atoms with Gasteiger partial charge in [0.05, 0.1) is 5.92 Å². The third kappa shape index (κ3) is 3.73. The Bertz CT molecular complexity index is 224. The molecule has 0 aromatic heterocycles. The van der Waals surface area contributed by atoms with Gasteiger partial charge in [-0.25, -0.2) is 0 Å². The van der Waals surface area contributed by atoms with Crippen LogP contribution >= 0.6 is 0 Å². The van der Waals surface area contributed by atoms with E-state index < -0.39 is 17.7 Å². The maximum absolute atomic E-state index is 10.9. The SMILES string of the molecule is C=C(C(N)=O)C(CCCC)C(N)=O. The molecule has 0 aromatic carbocycles. The summed E-state index contributed by atoms with van der Waals surface area (Å²) in [6.07, 6.45) is 2.32. The largest absolute Gasteiger partial charge is 0.369 e. The Kier molecular flexibility index (Phi) is 4.80. The summed E-state index contributed by atoms with van der Waals surface area (Å²) >= 11 is 0. The van der Waals surface area contributed by atoms with Crippen molar-refractivity contribution in [3.05, 3.63) is 12.2 Å². The van der Waals surface area contributed by atoms with E-state index in [1.807, 2.05) is 6.92 Å². The lowest BCUT2D eigenvalue weighted by Gasteiger charge is -2.12. The number of carbonyl (C=O) groups is 2. The van der Waals surface area contributed by atoms with Gasteiger partial charge in [0.15, 0.2) is 0 Å². The van der Waals surface area contributed by atoms with Crippen LogP contribution < -0.4 is 11.5 Å². The molecule has 1 unspecified atom stereocenters. The number of primary amides is 2. The molecule has 13 heavy (non-hydrogen) atoms. The van der Waals surface area contributed by atoms with E-state index in [1.165, 1.54) is 0 Å². The molecule has 0 saturated heterocycles. The van der Waals surface area contributed by atoms with E-state index in [0.717, 1.165) is 12.8 Å². The molecular weight excluding hydrogens is 168 g/mol. The van der Waals surface area contributed by atoms with Crippen molar-refractivity contribution >= 4 is 11.8 Å². The molecule has 0 heterocycles. The molecule has 0 spiro atoms. The molecular formula is C9H16N2O2. The van der Waals surface area contributed by atoms with Crippen LogP contribution in [0.1, 0.15) is 26.2 Å². The molecule has 0 bridgehead atoms. The van der Waals surface area contributed by atoms with Crippen LogP contribution in [0, 0.1) is 5.92 Å². The number of hydrogen-bond donors (Lipinski definition) is 2. The van der Waals surface area contributed by atoms with Crippen LogP contribution in [0.2, 0.25) is 0 Å². The van der Waals surface area contributed by atoms with Crippen molar-refractivity contribution in [2.75, 3.05) is 0 Å². The monoisotopic (exact) mass is 184 g/mol. The lowest BCUT2D eigenvalue weighted by atomic mass is 9.93. The predicted octanol–water partition coefficient (Wildman–Crippen LogP) is 0.320. The van der Waals surface area contributed by atoms with E-state index >= 15 is 0 Å². The number of carbonyl (C=O) groups excluding carboxylic acids is 2. The van der Waals surface area contributed by atoms with Gasteiger partial charge in [-0.15, -0.1) is 0 Å². The van der Waals surface area contributed by atoms with Crippen molar-refractivity contribution < 1.29 is 9.59 Å². The average Bonchev–Trinajstić information content (AvgIpc) is 2.04. The zero-order valence-corrected chi connectivity index (χ0v) is 7.88. The van der Waals surface area contributed by atoms with Crippen molar-refractivity contribution in [3.63, 3.8) is 0 Å². The van der Waals surface area contributed by atoms with Gasteiger partial charge in [0.2, 0.25) is 11.8 Å². The highest BCUT2D eigenvalue weighted by Crippen LogP contribution is 2.15. The molecule has 0 saturated carbocycles. The first-order valence-electron chi connectivity index (χ1n) is 4.28. The second-order valence-electron chi connectivity index (χ2n) is 2.99. The van der Waals surface area contributed by atoms with Crippen LogP contribution in [0.4, 0.5) is 0 Å². The van der Waals surface area contributed by atoms with Gasteiger partial charge in [0, 0.05) is 5.57 Å². The Hall–Kier alpha value is -1.32. The summed E-state index contributed by atoms with van der Waals surface area (Å²) in [6.45, 7) is 5.44. The van der Waals surface area contributed by atoms with Gasteiger partial charge in [-0.3, -0.25) is 9.59 Å². The van der Waals surface area contributed by atoms with Gasteiger partial charge in [0.1, 0.15) is 0 Å². The molecule has 2 amide bonds. The van der Waals surface area contributed by atoms with Crippen molar-refractivity contribution in [1.29, 1.82) is 0 Å². The fraction of sp³-hybridized carbons (Fsp3) is 0.556. The summed E-state index contributed by atoms with van der Waals surface area (Å²) in [5, 5.41) is 0. The van der Waals surface area contributed by atoms with Crippen LogP contribution in [0.15, 0.2) is 12.2 Å². The molecule has 4 nitrogen and oxygen atoms in total. The average molecular weight is 184 g/mol. The van der Waals surface area contributed by atoms with Crippen molar-refractivity contribution in [3.8, 4) is 0 Å². The van der Waals surface area contributed by atoms with Crippen LogP contribution in [0.3, 0.4) is 0 Å². The van der Waals surface area contributed by atoms with Gasteiger partial charge in [0.25, 0.3) is 0 Å². The minimum Gasteiger partial charge on any atom is -0.369 e. The van der Waals surface area contributed by atoms with Crippen LogP contribution in [0.25, 0.3) is 0 Å². The van der Waals surface area contributed by atoms with E-state index in [1.54, 1.807) is 0 Å².